The smallest absolute Gasteiger partial charge is 0.0700 e. The van der Waals surface area contributed by atoms with Crippen LogP contribution in [-0.4, -0.2) is 50.3 Å². The SMILES string of the molecule is CCN(CCNCC1CCCO1)CC1CC1. The Morgan fingerprint density at radius 2 is 2.19 bits per heavy atom. The van der Waals surface area contributed by atoms with Crippen molar-refractivity contribution in [1.82, 2.24) is 10.2 Å². The fourth-order valence-electron chi connectivity index (χ4n) is 2.35. The first-order valence-corrected chi connectivity index (χ1v) is 6.93. The van der Waals surface area contributed by atoms with E-state index in [0.717, 1.165) is 25.6 Å². The highest BCUT2D eigenvalue weighted by atomic mass is 16.5. The molecule has 16 heavy (non-hydrogen) atoms. The second kappa shape index (κ2) is 6.58. The van der Waals surface area contributed by atoms with Gasteiger partial charge in [0, 0.05) is 32.8 Å². The van der Waals surface area contributed by atoms with Gasteiger partial charge in [-0.3, -0.25) is 0 Å². The standard InChI is InChI=1S/C13H26N2O/c1-2-15(11-12-5-6-12)8-7-14-10-13-4-3-9-16-13/h12-14H,2-11H2,1H3. The average molecular weight is 226 g/mol. The molecule has 1 unspecified atom stereocenters. The van der Waals surface area contributed by atoms with Crippen molar-refractivity contribution in [2.75, 3.05) is 39.3 Å². The second-order valence-electron chi connectivity index (χ2n) is 5.18. The molecule has 94 valence electrons. The van der Waals surface area contributed by atoms with E-state index in [9.17, 15) is 0 Å². The Kier molecular flexibility index (Phi) is 5.07. The minimum atomic E-state index is 0.485. The van der Waals surface area contributed by atoms with Gasteiger partial charge in [-0.05, 0) is 38.1 Å². The number of ether oxygens (including phenoxy) is 1. The topological polar surface area (TPSA) is 24.5 Å². The highest BCUT2D eigenvalue weighted by Crippen LogP contribution is 2.29. The van der Waals surface area contributed by atoms with Gasteiger partial charge in [0.2, 0.25) is 0 Å². The summed E-state index contributed by atoms with van der Waals surface area (Å²) in [4.78, 5) is 2.57. The van der Waals surface area contributed by atoms with Gasteiger partial charge in [0.15, 0.2) is 0 Å². The van der Waals surface area contributed by atoms with Gasteiger partial charge in [0.25, 0.3) is 0 Å². The van der Waals surface area contributed by atoms with E-state index >= 15 is 0 Å². The van der Waals surface area contributed by atoms with Crippen LogP contribution in [0.4, 0.5) is 0 Å². The third kappa shape index (κ3) is 4.40. The zero-order chi connectivity index (χ0) is 11.2. The first-order valence-electron chi connectivity index (χ1n) is 6.93. The highest BCUT2D eigenvalue weighted by Gasteiger charge is 2.23. The third-order valence-corrected chi connectivity index (χ3v) is 3.66. The zero-order valence-corrected chi connectivity index (χ0v) is 10.6. The van der Waals surface area contributed by atoms with Gasteiger partial charge in [0.1, 0.15) is 0 Å². The summed E-state index contributed by atoms with van der Waals surface area (Å²) in [6.45, 7) is 9.09. The molecule has 3 nitrogen and oxygen atoms in total. The summed E-state index contributed by atoms with van der Waals surface area (Å²) >= 11 is 0. The van der Waals surface area contributed by atoms with Crippen LogP contribution in [0.25, 0.3) is 0 Å². The molecule has 1 N–H and O–H groups in total. The van der Waals surface area contributed by atoms with E-state index < -0.39 is 0 Å². The van der Waals surface area contributed by atoms with Crippen molar-refractivity contribution in [3.8, 4) is 0 Å². The van der Waals surface area contributed by atoms with Crippen molar-refractivity contribution in [2.24, 2.45) is 5.92 Å². The maximum Gasteiger partial charge on any atom is 0.0700 e. The Hall–Kier alpha value is -0.120. The summed E-state index contributed by atoms with van der Waals surface area (Å²) in [6.07, 6.45) is 5.89. The lowest BCUT2D eigenvalue weighted by Crippen LogP contribution is -2.36. The molecule has 0 spiro atoms. The van der Waals surface area contributed by atoms with E-state index in [1.165, 1.54) is 45.3 Å². The van der Waals surface area contributed by atoms with E-state index in [2.05, 4.69) is 17.1 Å². The lowest BCUT2D eigenvalue weighted by atomic mass is 10.2. The van der Waals surface area contributed by atoms with Gasteiger partial charge in [-0.15, -0.1) is 0 Å². The summed E-state index contributed by atoms with van der Waals surface area (Å²) in [5.41, 5.74) is 0. The lowest BCUT2D eigenvalue weighted by molar-refractivity contribution is 0.109. The number of nitrogens with zero attached hydrogens (tertiary/aromatic N) is 1. The maximum atomic E-state index is 5.58. The fraction of sp³-hybridized carbons (Fsp3) is 1.00. The molecule has 2 rings (SSSR count). The first kappa shape index (κ1) is 12.3. The number of hydrogen-bond donors (Lipinski definition) is 1. The molecular weight excluding hydrogens is 200 g/mol. The molecule has 1 aliphatic carbocycles. The molecule has 1 atom stereocenters. The maximum absolute atomic E-state index is 5.58. The molecule has 2 aliphatic rings. The predicted molar refractivity (Wildman–Crippen MR) is 66.7 cm³/mol. The molecule has 0 aromatic carbocycles. The molecule has 1 saturated heterocycles. The molecule has 0 amide bonds. The van der Waals surface area contributed by atoms with Gasteiger partial charge in [0.05, 0.1) is 6.10 Å². The lowest BCUT2D eigenvalue weighted by Gasteiger charge is -2.20. The van der Waals surface area contributed by atoms with Crippen molar-refractivity contribution < 1.29 is 4.74 Å². The van der Waals surface area contributed by atoms with Crippen LogP contribution >= 0.6 is 0 Å². The first-order chi connectivity index (χ1) is 7.88. The van der Waals surface area contributed by atoms with E-state index in [4.69, 9.17) is 4.74 Å². The van der Waals surface area contributed by atoms with Crippen LogP contribution in [0.5, 0.6) is 0 Å². The van der Waals surface area contributed by atoms with E-state index in [0.29, 0.717) is 6.10 Å². The van der Waals surface area contributed by atoms with Gasteiger partial charge in [-0.2, -0.15) is 0 Å². The molecule has 0 aromatic rings. The van der Waals surface area contributed by atoms with Crippen molar-refractivity contribution in [3.05, 3.63) is 0 Å². The average Bonchev–Trinajstić information content (AvgIpc) is 2.96. The quantitative estimate of drug-likeness (QED) is 0.635. The molecule has 0 bridgehead atoms. The van der Waals surface area contributed by atoms with Crippen molar-refractivity contribution in [2.45, 2.75) is 38.7 Å². The van der Waals surface area contributed by atoms with E-state index in [-0.39, 0.29) is 0 Å². The van der Waals surface area contributed by atoms with Crippen LogP contribution in [0.1, 0.15) is 32.6 Å². The summed E-state index contributed by atoms with van der Waals surface area (Å²) in [5.74, 6) is 1.01. The van der Waals surface area contributed by atoms with Crippen LogP contribution in [-0.2, 0) is 4.74 Å². The Balaban J connectivity index is 1.48. The summed E-state index contributed by atoms with van der Waals surface area (Å²) in [6, 6.07) is 0. The Labute approximate surface area is 99.5 Å². The van der Waals surface area contributed by atoms with E-state index in [1.807, 2.05) is 0 Å². The molecular formula is C13H26N2O. The molecule has 1 saturated carbocycles. The number of likely N-dealkylation sites (N-methyl/N-ethyl adjacent to an activating group) is 1. The van der Waals surface area contributed by atoms with Gasteiger partial charge in [-0.1, -0.05) is 6.92 Å². The largest absolute Gasteiger partial charge is 0.377 e. The summed E-state index contributed by atoms with van der Waals surface area (Å²) in [5, 5.41) is 3.52. The Bertz CT molecular complexity index is 188. The predicted octanol–water partition coefficient (Wildman–Crippen LogP) is 1.49. The van der Waals surface area contributed by atoms with Crippen LogP contribution in [0.15, 0.2) is 0 Å². The van der Waals surface area contributed by atoms with Gasteiger partial charge >= 0.3 is 0 Å². The van der Waals surface area contributed by atoms with Crippen molar-refractivity contribution in [1.29, 1.82) is 0 Å². The Morgan fingerprint density at radius 3 is 2.81 bits per heavy atom. The normalized spacial score (nSPS) is 25.5. The minimum absolute atomic E-state index is 0.485. The van der Waals surface area contributed by atoms with Crippen molar-refractivity contribution >= 4 is 0 Å². The second-order valence-corrected chi connectivity index (χ2v) is 5.18. The molecule has 0 radical (unpaired) electrons. The van der Waals surface area contributed by atoms with Gasteiger partial charge < -0.3 is 15.0 Å². The summed E-state index contributed by atoms with van der Waals surface area (Å²) in [7, 11) is 0. The van der Waals surface area contributed by atoms with Gasteiger partial charge in [-0.25, -0.2) is 0 Å². The zero-order valence-electron chi connectivity index (χ0n) is 10.6. The molecule has 2 fully saturated rings. The fourth-order valence-corrected chi connectivity index (χ4v) is 2.35. The Morgan fingerprint density at radius 1 is 1.31 bits per heavy atom. The van der Waals surface area contributed by atoms with Crippen molar-refractivity contribution in [3.63, 3.8) is 0 Å². The van der Waals surface area contributed by atoms with E-state index in [1.54, 1.807) is 0 Å². The molecule has 1 heterocycles. The van der Waals surface area contributed by atoms with Crippen LogP contribution in [0.2, 0.25) is 0 Å². The van der Waals surface area contributed by atoms with Crippen LogP contribution in [0, 0.1) is 5.92 Å². The molecule has 0 aromatic heterocycles. The monoisotopic (exact) mass is 226 g/mol. The number of hydrogen-bond acceptors (Lipinski definition) is 3. The molecule has 1 aliphatic heterocycles. The van der Waals surface area contributed by atoms with Crippen LogP contribution in [0.3, 0.4) is 0 Å². The highest BCUT2D eigenvalue weighted by molar-refractivity contribution is 4.77. The summed E-state index contributed by atoms with van der Waals surface area (Å²) < 4.78 is 5.58. The minimum Gasteiger partial charge on any atom is -0.377 e. The van der Waals surface area contributed by atoms with Crippen LogP contribution < -0.4 is 5.32 Å². The third-order valence-electron chi connectivity index (χ3n) is 3.66. The number of rotatable bonds is 8. The molecule has 3 heteroatoms. The number of nitrogens with one attached hydrogen (secondary N) is 1.